The average Bonchev–Trinajstić information content (AvgIpc) is 3.00. The first-order valence-corrected chi connectivity index (χ1v) is 7.45. The first-order valence-electron chi connectivity index (χ1n) is 7.45. The third-order valence-corrected chi connectivity index (χ3v) is 4.07. The van der Waals surface area contributed by atoms with Crippen molar-refractivity contribution in [3.05, 3.63) is 42.1 Å². The zero-order chi connectivity index (χ0) is 15.4. The number of hydrogen-bond donors (Lipinski definition) is 1. The van der Waals surface area contributed by atoms with Crippen molar-refractivity contribution in [2.45, 2.75) is 18.9 Å². The summed E-state index contributed by atoms with van der Waals surface area (Å²) in [6.45, 7) is 1.57. The van der Waals surface area contributed by atoms with Gasteiger partial charge in [0.15, 0.2) is 0 Å². The summed E-state index contributed by atoms with van der Waals surface area (Å²) in [6.07, 6.45) is 7.36. The number of nitrogens with one attached hydrogen (secondary N) is 1. The highest BCUT2D eigenvalue weighted by molar-refractivity contribution is 5.40. The molecule has 1 aliphatic heterocycles. The molecule has 22 heavy (non-hydrogen) atoms. The zero-order valence-corrected chi connectivity index (χ0v) is 12.6. The second kappa shape index (κ2) is 6.58. The van der Waals surface area contributed by atoms with Crippen molar-refractivity contribution in [3.8, 4) is 6.07 Å². The van der Waals surface area contributed by atoms with Crippen molar-refractivity contribution in [2.24, 2.45) is 13.0 Å². The summed E-state index contributed by atoms with van der Waals surface area (Å²) in [5.74, 6) is 2.21. The number of hydrogen-bond acceptors (Lipinski definition) is 5. The van der Waals surface area contributed by atoms with Crippen molar-refractivity contribution in [3.63, 3.8) is 0 Å². The first-order chi connectivity index (χ1) is 10.8. The molecule has 3 heterocycles. The number of aromatic nitrogens is 3. The maximum atomic E-state index is 8.86. The maximum Gasteiger partial charge on any atom is 0.131 e. The van der Waals surface area contributed by atoms with Crippen molar-refractivity contribution in [2.75, 3.05) is 18.5 Å². The fourth-order valence-electron chi connectivity index (χ4n) is 2.82. The summed E-state index contributed by atoms with van der Waals surface area (Å²) < 4.78 is 7.51. The lowest BCUT2D eigenvalue weighted by Crippen LogP contribution is -2.29. The second-order valence-corrected chi connectivity index (χ2v) is 5.51. The molecule has 2 aromatic heterocycles. The Kier molecular flexibility index (Phi) is 4.35. The van der Waals surface area contributed by atoms with Gasteiger partial charge in [-0.25, -0.2) is 9.97 Å². The SMILES string of the molecule is Cn1ccnc1[C@@H](Nc1ccc(C#N)cn1)C1CCOCC1. The predicted octanol–water partition coefficient (Wildman–Crippen LogP) is 2.27. The molecule has 114 valence electrons. The minimum atomic E-state index is 0.0873. The van der Waals surface area contributed by atoms with Crippen molar-refractivity contribution < 1.29 is 4.74 Å². The van der Waals surface area contributed by atoms with E-state index in [4.69, 9.17) is 10.00 Å². The molecule has 0 radical (unpaired) electrons. The van der Waals surface area contributed by atoms with Gasteiger partial charge < -0.3 is 14.6 Å². The Bertz CT molecular complexity index is 652. The third-order valence-electron chi connectivity index (χ3n) is 4.07. The normalized spacial score (nSPS) is 16.9. The summed E-state index contributed by atoms with van der Waals surface area (Å²) in [5, 5.41) is 12.3. The first kappa shape index (κ1) is 14.5. The van der Waals surface area contributed by atoms with Crippen molar-refractivity contribution in [1.82, 2.24) is 14.5 Å². The van der Waals surface area contributed by atoms with E-state index in [1.165, 1.54) is 0 Å². The number of aryl methyl sites for hydroxylation is 1. The summed E-state index contributed by atoms with van der Waals surface area (Å²) in [5.41, 5.74) is 0.560. The van der Waals surface area contributed by atoms with E-state index in [2.05, 4.69) is 21.4 Å². The molecule has 1 aliphatic rings. The molecule has 1 atom stereocenters. The lowest BCUT2D eigenvalue weighted by Gasteiger charge is -2.31. The number of ether oxygens (including phenoxy) is 1. The molecule has 3 rings (SSSR count). The third kappa shape index (κ3) is 3.10. The Labute approximate surface area is 129 Å². The zero-order valence-electron chi connectivity index (χ0n) is 12.6. The molecule has 0 unspecified atom stereocenters. The van der Waals surface area contributed by atoms with Gasteiger partial charge in [0, 0.05) is 38.9 Å². The van der Waals surface area contributed by atoms with Gasteiger partial charge in [0.1, 0.15) is 17.7 Å². The van der Waals surface area contributed by atoms with Gasteiger partial charge >= 0.3 is 0 Å². The molecule has 1 fully saturated rings. The van der Waals surface area contributed by atoms with Crippen LogP contribution in [0.5, 0.6) is 0 Å². The Morgan fingerprint density at radius 3 is 2.77 bits per heavy atom. The van der Waals surface area contributed by atoms with E-state index < -0.39 is 0 Å². The molecular weight excluding hydrogens is 278 g/mol. The van der Waals surface area contributed by atoms with Crippen LogP contribution in [0, 0.1) is 17.2 Å². The Hall–Kier alpha value is -2.39. The van der Waals surface area contributed by atoms with Gasteiger partial charge in [-0.15, -0.1) is 0 Å². The molecule has 6 nitrogen and oxygen atoms in total. The standard InChI is InChI=1S/C16H19N5O/c1-21-7-6-18-16(21)15(13-4-8-22-9-5-13)20-14-3-2-12(10-17)11-19-14/h2-3,6-7,11,13,15H,4-5,8-9H2,1H3,(H,19,20)/t15-/m0/s1. The maximum absolute atomic E-state index is 8.86. The number of nitriles is 1. The highest BCUT2D eigenvalue weighted by Gasteiger charge is 2.28. The van der Waals surface area contributed by atoms with Gasteiger partial charge in [0.05, 0.1) is 11.6 Å². The van der Waals surface area contributed by atoms with Crippen LogP contribution in [0.2, 0.25) is 0 Å². The Balaban J connectivity index is 1.84. The van der Waals surface area contributed by atoms with Crippen LogP contribution in [0.1, 0.15) is 30.3 Å². The van der Waals surface area contributed by atoms with E-state index in [1.807, 2.05) is 30.1 Å². The van der Waals surface area contributed by atoms with Crippen LogP contribution in [0.4, 0.5) is 5.82 Å². The fourth-order valence-corrected chi connectivity index (χ4v) is 2.82. The summed E-state index contributed by atoms with van der Waals surface area (Å²) in [6, 6.07) is 5.79. The molecule has 0 aliphatic carbocycles. The number of pyridine rings is 1. The van der Waals surface area contributed by atoms with E-state index in [0.717, 1.165) is 37.7 Å². The molecule has 0 spiro atoms. The summed E-state index contributed by atoms with van der Waals surface area (Å²) >= 11 is 0. The molecule has 1 N–H and O–H groups in total. The van der Waals surface area contributed by atoms with Gasteiger partial charge in [-0.2, -0.15) is 5.26 Å². The Morgan fingerprint density at radius 1 is 1.36 bits per heavy atom. The smallest absolute Gasteiger partial charge is 0.131 e. The predicted molar refractivity (Wildman–Crippen MR) is 82.1 cm³/mol. The molecule has 6 heteroatoms. The van der Waals surface area contributed by atoms with Gasteiger partial charge in [0.2, 0.25) is 0 Å². The van der Waals surface area contributed by atoms with Gasteiger partial charge in [-0.1, -0.05) is 0 Å². The van der Waals surface area contributed by atoms with Crippen molar-refractivity contribution in [1.29, 1.82) is 5.26 Å². The fraction of sp³-hybridized carbons (Fsp3) is 0.438. The van der Waals surface area contributed by atoms with E-state index in [0.29, 0.717) is 11.5 Å². The summed E-state index contributed by atoms with van der Waals surface area (Å²) in [7, 11) is 2.00. The van der Waals surface area contributed by atoms with Gasteiger partial charge in [-0.05, 0) is 30.9 Å². The van der Waals surface area contributed by atoms with Crippen molar-refractivity contribution >= 4 is 5.82 Å². The molecular formula is C16H19N5O. The number of rotatable bonds is 4. The molecule has 1 saturated heterocycles. The minimum Gasteiger partial charge on any atom is -0.381 e. The van der Waals surface area contributed by atoms with Crippen LogP contribution >= 0.6 is 0 Å². The average molecular weight is 297 g/mol. The van der Waals surface area contributed by atoms with Gasteiger partial charge in [-0.3, -0.25) is 0 Å². The van der Waals surface area contributed by atoms with E-state index >= 15 is 0 Å². The molecule has 0 amide bonds. The molecule has 0 bridgehead atoms. The quantitative estimate of drug-likeness (QED) is 0.937. The topological polar surface area (TPSA) is 75.8 Å². The van der Waals surface area contributed by atoms with Gasteiger partial charge in [0.25, 0.3) is 0 Å². The summed E-state index contributed by atoms with van der Waals surface area (Å²) in [4.78, 5) is 8.82. The molecule has 0 aromatic carbocycles. The highest BCUT2D eigenvalue weighted by atomic mass is 16.5. The minimum absolute atomic E-state index is 0.0873. The van der Waals surface area contributed by atoms with E-state index in [9.17, 15) is 0 Å². The van der Waals surface area contributed by atoms with Crippen LogP contribution in [0.25, 0.3) is 0 Å². The largest absolute Gasteiger partial charge is 0.381 e. The van der Waals surface area contributed by atoms with Crippen LogP contribution in [-0.2, 0) is 11.8 Å². The lowest BCUT2D eigenvalue weighted by atomic mass is 9.91. The van der Waals surface area contributed by atoms with Crippen LogP contribution in [0.3, 0.4) is 0 Å². The number of anilines is 1. The second-order valence-electron chi connectivity index (χ2n) is 5.51. The highest BCUT2D eigenvalue weighted by Crippen LogP contribution is 2.31. The van der Waals surface area contributed by atoms with E-state index in [1.54, 1.807) is 12.3 Å². The number of nitrogens with zero attached hydrogens (tertiary/aromatic N) is 4. The van der Waals surface area contributed by atoms with Crippen LogP contribution in [-0.4, -0.2) is 27.7 Å². The lowest BCUT2D eigenvalue weighted by molar-refractivity contribution is 0.0594. The molecule has 0 saturated carbocycles. The Morgan fingerprint density at radius 2 is 2.18 bits per heavy atom. The van der Waals surface area contributed by atoms with E-state index in [-0.39, 0.29) is 6.04 Å². The monoisotopic (exact) mass is 297 g/mol. The van der Waals surface area contributed by atoms with Crippen LogP contribution < -0.4 is 5.32 Å². The molecule has 2 aromatic rings. The van der Waals surface area contributed by atoms with Crippen LogP contribution in [0.15, 0.2) is 30.7 Å². The number of imidazole rings is 1.